The number of anilines is 1. The third kappa shape index (κ3) is 9.94. The Balaban J connectivity index is 1.63. The van der Waals surface area contributed by atoms with E-state index in [0.29, 0.717) is 17.4 Å². The molecule has 4 rings (SSSR count). The molecule has 0 spiro atoms. The summed E-state index contributed by atoms with van der Waals surface area (Å²) < 4.78 is 41.3. The Morgan fingerprint density at radius 1 is 0.902 bits per heavy atom. The van der Waals surface area contributed by atoms with Crippen LogP contribution in [0.1, 0.15) is 107 Å². The van der Waals surface area contributed by atoms with E-state index < -0.39 is 27.9 Å². The Labute approximate surface area is 314 Å². The first-order valence-corrected chi connectivity index (χ1v) is 19.9. The minimum absolute atomic E-state index is 0.0338. The quantitative estimate of drug-likeness (QED) is 0.0937. The van der Waals surface area contributed by atoms with Crippen molar-refractivity contribution in [1.29, 1.82) is 0 Å². The van der Waals surface area contributed by atoms with Gasteiger partial charge in [0, 0.05) is 16.6 Å². The van der Waals surface area contributed by atoms with Crippen molar-refractivity contribution in [2.45, 2.75) is 103 Å². The molecular weight excluding hydrogens is 739 g/mol. The largest absolute Gasteiger partial charge is 0.491 e. The summed E-state index contributed by atoms with van der Waals surface area (Å²) in [6.45, 7) is 7.36. The standard InChI is InChI=1S/C35H45Cl3N6O6S/c1-5-8-9-10-11-12-13-14-15-16-19-50-28-18-17-24(36)21-27(28)39-34(45)32(44-23(4)30(41-42-44)35(46)49-7-3)33-40-31-26(38)20-25(37)22-29(31)51(47,48)43(33)6-2/h17-18,20-22,32H,5-16,19H2,1-4H3,(H,39,45). The van der Waals surface area contributed by atoms with Gasteiger partial charge in [-0.1, -0.05) is 105 Å². The summed E-state index contributed by atoms with van der Waals surface area (Å²) >= 11 is 19.0. The third-order valence-corrected chi connectivity index (χ3v) is 11.1. The minimum Gasteiger partial charge on any atom is -0.491 e. The van der Waals surface area contributed by atoms with Gasteiger partial charge in [0.15, 0.2) is 17.6 Å². The second kappa shape index (κ2) is 18.9. The van der Waals surface area contributed by atoms with Gasteiger partial charge in [0.2, 0.25) is 0 Å². The van der Waals surface area contributed by atoms with E-state index in [0.717, 1.165) is 28.2 Å². The number of carbonyl (C=O) groups excluding carboxylic acids is 2. The van der Waals surface area contributed by atoms with Gasteiger partial charge in [-0.3, -0.25) is 9.10 Å². The van der Waals surface area contributed by atoms with Gasteiger partial charge < -0.3 is 14.8 Å². The highest BCUT2D eigenvalue weighted by Gasteiger charge is 2.43. The molecule has 0 bridgehead atoms. The molecule has 0 fully saturated rings. The number of nitrogens with zero attached hydrogens (tertiary/aromatic N) is 5. The van der Waals surface area contributed by atoms with Crippen molar-refractivity contribution in [3.8, 4) is 5.75 Å². The number of likely N-dealkylation sites (N-methyl/N-ethyl adjacent to an activating group) is 1. The Morgan fingerprint density at radius 2 is 1.57 bits per heavy atom. The number of rotatable bonds is 19. The van der Waals surface area contributed by atoms with Crippen LogP contribution in [0.15, 0.2) is 40.2 Å². The number of amidine groups is 1. The van der Waals surface area contributed by atoms with Crippen LogP contribution in [0.4, 0.5) is 11.4 Å². The van der Waals surface area contributed by atoms with Crippen LogP contribution < -0.4 is 10.1 Å². The van der Waals surface area contributed by atoms with Gasteiger partial charge >= 0.3 is 5.97 Å². The Bertz CT molecular complexity index is 1830. The third-order valence-electron chi connectivity index (χ3n) is 8.42. The van der Waals surface area contributed by atoms with E-state index in [1.165, 1.54) is 70.1 Å². The van der Waals surface area contributed by atoms with Crippen molar-refractivity contribution in [2.75, 3.05) is 25.1 Å². The van der Waals surface area contributed by atoms with Crippen LogP contribution in [0, 0.1) is 6.92 Å². The number of ether oxygens (including phenoxy) is 2. The molecule has 278 valence electrons. The average molecular weight is 784 g/mol. The summed E-state index contributed by atoms with van der Waals surface area (Å²) in [6, 6.07) is 5.89. The maximum absolute atomic E-state index is 14.4. The lowest BCUT2D eigenvalue weighted by atomic mass is 10.1. The fourth-order valence-corrected chi connectivity index (χ4v) is 8.27. The van der Waals surface area contributed by atoms with Gasteiger partial charge in [-0.25, -0.2) is 22.9 Å². The highest BCUT2D eigenvalue weighted by Crippen LogP contribution is 2.42. The summed E-state index contributed by atoms with van der Waals surface area (Å²) in [6.07, 6.45) is 11.8. The Hall–Kier alpha value is -3.39. The second-order valence-electron chi connectivity index (χ2n) is 12.1. The van der Waals surface area contributed by atoms with Crippen LogP contribution in [-0.4, -0.2) is 65.2 Å². The van der Waals surface area contributed by atoms with E-state index in [9.17, 15) is 18.0 Å². The van der Waals surface area contributed by atoms with Gasteiger partial charge in [-0.05, 0) is 57.5 Å². The van der Waals surface area contributed by atoms with Gasteiger partial charge in [0.1, 0.15) is 16.3 Å². The van der Waals surface area contributed by atoms with E-state index >= 15 is 0 Å². The molecule has 16 heteroatoms. The number of fused-ring (bicyclic) bond motifs is 1. The molecule has 2 heterocycles. The molecule has 1 aromatic heterocycles. The molecule has 0 aliphatic carbocycles. The van der Waals surface area contributed by atoms with Crippen LogP contribution in [0.3, 0.4) is 0 Å². The van der Waals surface area contributed by atoms with Crippen molar-refractivity contribution in [3.63, 3.8) is 0 Å². The molecule has 1 amide bonds. The van der Waals surface area contributed by atoms with Crippen LogP contribution >= 0.6 is 34.8 Å². The number of esters is 1. The number of aliphatic imine (C=N–C) groups is 1. The Kier molecular flexibility index (Phi) is 15.0. The van der Waals surface area contributed by atoms with Crippen LogP contribution in [0.5, 0.6) is 5.75 Å². The number of hydrogen-bond donors (Lipinski definition) is 1. The lowest BCUT2D eigenvalue weighted by molar-refractivity contribution is -0.118. The number of benzene rings is 2. The first-order chi connectivity index (χ1) is 24.4. The molecule has 1 aliphatic heterocycles. The zero-order valence-electron chi connectivity index (χ0n) is 29.4. The molecule has 1 unspecified atom stereocenters. The van der Waals surface area contributed by atoms with Crippen molar-refractivity contribution < 1.29 is 27.5 Å². The van der Waals surface area contributed by atoms with Crippen LogP contribution in [0.2, 0.25) is 15.1 Å². The van der Waals surface area contributed by atoms with Gasteiger partial charge in [-0.2, -0.15) is 0 Å². The number of halogens is 3. The molecule has 3 aromatic rings. The molecule has 1 aliphatic rings. The fourth-order valence-electron chi connectivity index (χ4n) is 5.80. The first-order valence-electron chi connectivity index (χ1n) is 17.4. The first kappa shape index (κ1) is 40.4. The molecule has 2 aromatic carbocycles. The van der Waals surface area contributed by atoms with Crippen molar-refractivity contribution >= 4 is 73.9 Å². The number of nitrogens with one attached hydrogen (secondary N) is 1. The summed E-state index contributed by atoms with van der Waals surface area (Å²) in [4.78, 5) is 31.5. The van der Waals surface area contributed by atoms with Crippen molar-refractivity contribution in [3.05, 3.63) is 56.8 Å². The molecule has 12 nitrogen and oxygen atoms in total. The molecule has 1 atom stereocenters. The zero-order valence-corrected chi connectivity index (χ0v) is 32.5. The number of aromatic nitrogens is 3. The van der Waals surface area contributed by atoms with E-state index in [1.807, 2.05) is 0 Å². The second-order valence-corrected chi connectivity index (χ2v) is 15.2. The lowest BCUT2D eigenvalue weighted by Crippen LogP contribution is -2.47. The Morgan fingerprint density at radius 3 is 2.22 bits per heavy atom. The molecule has 1 N–H and O–H groups in total. The highest BCUT2D eigenvalue weighted by molar-refractivity contribution is 7.90. The normalized spacial score (nSPS) is 14.1. The predicted octanol–water partition coefficient (Wildman–Crippen LogP) is 8.96. The van der Waals surface area contributed by atoms with E-state index in [-0.39, 0.29) is 56.7 Å². The average Bonchev–Trinajstić information content (AvgIpc) is 3.45. The van der Waals surface area contributed by atoms with Gasteiger partial charge in [-0.15, -0.1) is 5.10 Å². The van der Waals surface area contributed by atoms with E-state index in [1.54, 1.807) is 26.0 Å². The number of hydrogen-bond acceptors (Lipinski definition) is 9. The summed E-state index contributed by atoms with van der Waals surface area (Å²) in [7, 11) is -4.31. The van der Waals surface area contributed by atoms with Crippen LogP contribution in [-0.2, 0) is 19.6 Å². The summed E-state index contributed by atoms with van der Waals surface area (Å²) in [5.74, 6) is -1.37. The highest BCUT2D eigenvalue weighted by atomic mass is 35.5. The number of carbonyl (C=O) groups is 2. The zero-order chi connectivity index (χ0) is 37.1. The molecule has 0 saturated carbocycles. The van der Waals surface area contributed by atoms with E-state index in [2.05, 4.69) is 27.5 Å². The van der Waals surface area contributed by atoms with Gasteiger partial charge in [0.05, 0.1) is 29.6 Å². The van der Waals surface area contributed by atoms with Crippen molar-refractivity contribution in [2.24, 2.45) is 4.99 Å². The van der Waals surface area contributed by atoms with Crippen molar-refractivity contribution in [1.82, 2.24) is 19.3 Å². The maximum Gasteiger partial charge on any atom is 0.360 e. The maximum atomic E-state index is 14.4. The van der Waals surface area contributed by atoms with Gasteiger partial charge in [0.25, 0.3) is 15.9 Å². The van der Waals surface area contributed by atoms with Crippen LogP contribution in [0.25, 0.3) is 0 Å². The molecular formula is C35H45Cl3N6O6S. The predicted molar refractivity (Wildman–Crippen MR) is 200 cm³/mol. The number of unbranched alkanes of at least 4 members (excludes halogenated alkanes) is 9. The molecule has 0 saturated heterocycles. The fraction of sp³-hybridized carbons (Fsp3) is 0.514. The monoisotopic (exact) mass is 782 g/mol. The smallest absolute Gasteiger partial charge is 0.360 e. The molecule has 51 heavy (non-hydrogen) atoms. The summed E-state index contributed by atoms with van der Waals surface area (Å²) in [5, 5.41) is 11.3. The molecule has 0 radical (unpaired) electrons. The van der Waals surface area contributed by atoms with E-state index in [4.69, 9.17) is 44.3 Å². The summed E-state index contributed by atoms with van der Waals surface area (Å²) in [5.41, 5.74) is 0.150. The topological polar surface area (TPSA) is 145 Å². The number of sulfonamides is 1. The number of amides is 1. The minimum atomic E-state index is -4.31. The lowest BCUT2D eigenvalue weighted by Gasteiger charge is -2.33. The SMILES string of the molecule is CCCCCCCCCCCCOc1ccc(Cl)cc1NC(=O)C(C1=Nc2c(Cl)cc(Cl)cc2S(=O)(=O)N1CC)n1nnc(C(=O)OCC)c1C.